The van der Waals surface area contributed by atoms with Crippen molar-refractivity contribution in [2.45, 2.75) is 58.0 Å². The minimum absolute atomic E-state index is 0.104. The lowest BCUT2D eigenvalue weighted by Crippen LogP contribution is -2.47. The highest BCUT2D eigenvalue weighted by Gasteiger charge is 2.32. The molecule has 0 fully saturated rings. The maximum Gasteiger partial charge on any atom is 0.312 e. The third kappa shape index (κ3) is 3.72. The van der Waals surface area contributed by atoms with Gasteiger partial charge in [0.2, 0.25) is 5.91 Å². The zero-order valence-electron chi connectivity index (χ0n) is 12.7. The minimum atomic E-state index is -0.830. The number of aromatic nitrogens is 1. The fourth-order valence-corrected chi connectivity index (χ4v) is 3.38. The zero-order chi connectivity index (χ0) is 15.8. The summed E-state index contributed by atoms with van der Waals surface area (Å²) in [7, 11) is 0. The summed E-state index contributed by atoms with van der Waals surface area (Å²) in [6.07, 6.45) is 1.36. The van der Waals surface area contributed by atoms with Gasteiger partial charge in [-0.3, -0.25) is 9.59 Å². The Morgan fingerprint density at radius 2 is 2.10 bits per heavy atom. The third-order valence-electron chi connectivity index (χ3n) is 3.25. The number of carboxylic acid groups (broad SMARTS) is 1. The van der Waals surface area contributed by atoms with E-state index in [0.717, 1.165) is 11.3 Å². The maximum atomic E-state index is 12.0. The van der Waals surface area contributed by atoms with Crippen molar-refractivity contribution in [3.63, 3.8) is 0 Å². The molecule has 6 nitrogen and oxygen atoms in total. The van der Waals surface area contributed by atoms with E-state index in [4.69, 9.17) is 5.11 Å². The summed E-state index contributed by atoms with van der Waals surface area (Å²) in [6.45, 7) is 7.54. The molecular formula is C14H21N3O3S. The number of hydrogen-bond acceptors (Lipinski definition) is 5. The number of nitrogens with one attached hydrogen (secondary N) is 2. The maximum absolute atomic E-state index is 12.0. The van der Waals surface area contributed by atoms with Crippen molar-refractivity contribution in [2.75, 3.05) is 5.32 Å². The Morgan fingerprint density at radius 1 is 1.43 bits per heavy atom. The lowest BCUT2D eigenvalue weighted by molar-refractivity contribution is -0.138. The quantitative estimate of drug-likeness (QED) is 0.791. The van der Waals surface area contributed by atoms with Crippen LogP contribution in [0.1, 0.15) is 50.6 Å². The average Bonchev–Trinajstić information content (AvgIpc) is 2.85. The average molecular weight is 311 g/mol. The molecule has 1 aromatic heterocycles. The van der Waals surface area contributed by atoms with Crippen LogP contribution in [0.3, 0.4) is 0 Å². The molecule has 1 heterocycles. The standard InChI is InChI=1S/C14H21N3O3S/c1-7(11(18)17-14(2,3)4)15-13-16-10-8(12(19)20)5-6-9(10)21-13/h7-8H,5-6H2,1-4H3,(H,15,16)(H,17,18)(H,19,20). The van der Waals surface area contributed by atoms with E-state index in [1.165, 1.54) is 11.3 Å². The van der Waals surface area contributed by atoms with Gasteiger partial charge in [-0.2, -0.15) is 0 Å². The first kappa shape index (κ1) is 15.8. The van der Waals surface area contributed by atoms with Gasteiger partial charge in [-0.1, -0.05) is 0 Å². The molecule has 0 radical (unpaired) electrons. The number of rotatable bonds is 4. The molecule has 0 bridgehead atoms. The molecule has 7 heteroatoms. The van der Waals surface area contributed by atoms with Crippen LogP contribution in [0.15, 0.2) is 0 Å². The van der Waals surface area contributed by atoms with Crippen LogP contribution in [0.5, 0.6) is 0 Å². The van der Waals surface area contributed by atoms with Gasteiger partial charge in [-0.25, -0.2) is 4.98 Å². The van der Waals surface area contributed by atoms with Crippen molar-refractivity contribution in [2.24, 2.45) is 0 Å². The van der Waals surface area contributed by atoms with Crippen LogP contribution < -0.4 is 10.6 Å². The fraction of sp³-hybridized carbons (Fsp3) is 0.643. The number of aryl methyl sites for hydroxylation is 1. The van der Waals surface area contributed by atoms with Crippen LogP contribution in [-0.4, -0.2) is 33.5 Å². The van der Waals surface area contributed by atoms with Gasteiger partial charge < -0.3 is 15.7 Å². The smallest absolute Gasteiger partial charge is 0.312 e. The van der Waals surface area contributed by atoms with Crippen molar-refractivity contribution >= 4 is 28.3 Å². The number of carbonyl (C=O) groups excluding carboxylic acids is 1. The molecule has 1 amide bonds. The highest BCUT2D eigenvalue weighted by Crippen LogP contribution is 2.38. The predicted molar refractivity (Wildman–Crippen MR) is 81.8 cm³/mol. The van der Waals surface area contributed by atoms with Crippen LogP contribution in [-0.2, 0) is 16.0 Å². The number of nitrogens with zero attached hydrogens (tertiary/aromatic N) is 1. The van der Waals surface area contributed by atoms with E-state index in [1.54, 1.807) is 6.92 Å². The van der Waals surface area contributed by atoms with Gasteiger partial charge in [0.15, 0.2) is 5.13 Å². The topological polar surface area (TPSA) is 91.3 Å². The zero-order valence-corrected chi connectivity index (χ0v) is 13.5. The Morgan fingerprint density at radius 3 is 2.67 bits per heavy atom. The Balaban J connectivity index is 2.03. The normalized spacial score (nSPS) is 19.0. The predicted octanol–water partition coefficient (Wildman–Crippen LogP) is 1.97. The van der Waals surface area contributed by atoms with E-state index in [0.29, 0.717) is 17.2 Å². The van der Waals surface area contributed by atoms with E-state index in [-0.39, 0.29) is 11.4 Å². The molecule has 1 aliphatic rings. The molecule has 0 aromatic carbocycles. The van der Waals surface area contributed by atoms with Crippen molar-refractivity contribution in [1.82, 2.24) is 10.3 Å². The number of fused-ring (bicyclic) bond motifs is 1. The Hall–Kier alpha value is -1.63. The van der Waals surface area contributed by atoms with Gasteiger partial charge in [0.1, 0.15) is 12.0 Å². The number of carbonyl (C=O) groups is 2. The van der Waals surface area contributed by atoms with Crippen LogP contribution in [0, 0.1) is 0 Å². The summed E-state index contributed by atoms with van der Waals surface area (Å²) in [4.78, 5) is 28.5. The molecule has 2 rings (SSSR count). The lowest BCUT2D eigenvalue weighted by atomic mass is 10.1. The molecule has 21 heavy (non-hydrogen) atoms. The Bertz CT molecular complexity index is 562. The Labute approximate surface area is 128 Å². The second-order valence-corrected chi connectivity index (χ2v) is 7.45. The van der Waals surface area contributed by atoms with Crippen LogP contribution in [0.2, 0.25) is 0 Å². The molecule has 0 saturated heterocycles. The first-order valence-electron chi connectivity index (χ1n) is 6.98. The van der Waals surface area contributed by atoms with Gasteiger partial charge in [-0.05, 0) is 40.5 Å². The highest BCUT2D eigenvalue weighted by molar-refractivity contribution is 7.15. The minimum Gasteiger partial charge on any atom is -0.481 e. The van der Waals surface area contributed by atoms with Gasteiger partial charge in [0, 0.05) is 10.4 Å². The van der Waals surface area contributed by atoms with Crippen LogP contribution in [0.4, 0.5) is 5.13 Å². The number of aliphatic carboxylic acids is 1. The molecule has 0 spiro atoms. The molecule has 2 unspecified atom stereocenters. The van der Waals surface area contributed by atoms with E-state index < -0.39 is 17.9 Å². The van der Waals surface area contributed by atoms with Crippen molar-refractivity contribution in [3.8, 4) is 0 Å². The second-order valence-electron chi connectivity index (χ2n) is 6.36. The highest BCUT2D eigenvalue weighted by atomic mass is 32.1. The summed E-state index contributed by atoms with van der Waals surface area (Å²) < 4.78 is 0. The third-order valence-corrected chi connectivity index (χ3v) is 4.31. The lowest BCUT2D eigenvalue weighted by Gasteiger charge is -2.23. The SMILES string of the molecule is CC(Nc1nc2c(s1)CCC2C(=O)O)C(=O)NC(C)(C)C. The summed E-state index contributed by atoms with van der Waals surface area (Å²) in [5, 5.41) is 15.7. The van der Waals surface area contributed by atoms with Crippen molar-refractivity contribution < 1.29 is 14.7 Å². The molecule has 1 aromatic rings. The molecule has 0 aliphatic heterocycles. The van der Waals surface area contributed by atoms with Crippen molar-refractivity contribution in [3.05, 3.63) is 10.6 Å². The number of anilines is 1. The fourth-order valence-electron chi connectivity index (χ4n) is 2.26. The van der Waals surface area contributed by atoms with Crippen LogP contribution in [0.25, 0.3) is 0 Å². The molecular weight excluding hydrogens is 290 g/mol. The Kier molecular flexibility index (Phi) is 4.22. The first-order valence-corrected chi connectivity index (χ1v) is 7.80. The first-order chi connectivity index (χ1) is 9.67. The number of hydrogen-bond donors (Lipinski definition) is 3. The molecule has 0 saturated carbocycles. The second kappa shape index (κ2) is 5.63. The number of amides is 1. The van der Waals surface area contributed by atoms with E-state index in [2.05, 4.69) is 15.6 Å². The van der Waals surface area contributed by atoms with Gasteiger partial charge >= 0.3 is 5.97 Å². The van der Waals surface area contributed by atoms with Crippen molar-refractivity contribution in [1.29, 1.82) is 0 Å². The molecule has 3 N–H and O–H groups in total. The monoisotopic (exact) mass is 311 g/mol. The number of thiazole rings is 1. The van der Waals surface area contributed by atoms with Gasteiger partial charge in [0.25, 0.3) is 0 Å². The van der Waals surface area contributed by atoms with E-state index in [9.17, 15) is 9.59 Å². The largest absolute Gasteiger partial charge is 0.481 e. The van der Waals surface area contributed by atoms with Gasteiger partial charge in [0.05, 0.1) is 5.69 Å². The summed E-state index contributed by atoms with van der Waals surface area (Å²) in [5.41, 5.74) is 0.366. The summed E-state index contributed by atoms with van der Waals surface area (Å²) in [5.74, 6) is -1.44. The molecule has 2 atom stereocenters. The molecule has 1 aliphatic carbocycles. The van der Waals surface area contributed by atoms with Gasteiger partial charge in [-0.15, -0.1) is 11.3 Å². The van der Waals surface area contributed by atoms with E-state index >= 15 is 0 Å². The summed E-state index contributed by atoms with van der Waals surface area (Å²) in [6, 6.07) is -0.418. The summed E-state index contributed by atoms with van der Waals surface area (Å²) >= 11 is 1.44. The number of carboxylic acids is 1. The van der Waals surface area contributed by atoms with Crippen LogP contribution >= 0.6 is 11.3 Å². The van der Waals surface area contributed by atoms with E-state index in [1.807, 2.05) is 20.8 Å². The molecule has 116 valence electrons.